The van der Waals surface area contributed by atoms with Crippen molar-refractivity contribution in [2.45, 2.75) is 32.4 Å². The van der Waals surface area contributed by atoms with Crippen LogP contribution in [0.4, 0.5) is 0 Å². The zero-order chi connectivity index (χ0) is 11.5. The largest absolute Gasteiger partial charge is 0.395 e. The van der Waals surface area contributed by atoms with Gasteiger partial charge in [-0.15, -0.1) is 0 Å². The second-order valence-corrected chi connectivity index (χ2v) is 4.56. The van der Waals surface area contributed by atoms with Crippen LogP contribution in [0.3, 0.4) is 0 Å². The Balaban J connectivity index is 2.05. The molecule has 1 aliphatic rings. The molecule has 16 heavy (non-hydrogen) atoms. The molecule has 1 aromatic heterocycles. The smallest absolute Gasteiger partial charge is 0.144 e. The van der Waals surface area contributed by atoms with Crippen molar-refractivity contribution in [1.82, 2.24) is 14.9 Å². The minimum Gasteiger partial charge on any atom is -0.395 e. The van der Waals surface area contributed by atoms with Gasteiger partial charge in [-0.3, -0.25) is 4.90 Å². The molecule has 1 aliphatic carbocycles. The molecular formula is C11H16ClN3O. The third-order valence-corrected chi connectivity index (χ3v) is 2.86. The molecule has 1 aromatic rings. The van der Waals surface area contributed by atoms with Crippen molar-refractivity contribution in [2.24, 2.45) is 0 Å². The Morgan fingerprint density at radius 2 is 2.25 bits per heavy atom. The highest BCUT2D eigenvalue weighted by molar-refractivity contribution is 6.29. The standard InChI is InChI=1S/C11H16ClN3O/c1-8-6-10(12)14-11(13-8)7-15(4-5-16)9-2-3-9/h6,9,16H,2-5,7H2,1H3. The molecule has 0 aromatic carbocycles. The Morgan fingerprint density at radius 3 is 2.81 bits per heavy atom. The Hall–Kier alpha value is -0.710. The van der Waals surface area contributed by atoms with E-state index in [1.165, 1.54) is 12.8 Å². The molecule has 1 heterocycles. The SMILES string of the molecule is Cc1cc(Cl)nc(CN(CCO)C2CC2)n1. The highest BCUT2D eigenvalue weighted by Gasteiger charge is 2.29. The number of halogens is 1. The van der Waals surface area contributed by atoms with Crippen molar-refractivity contribution in [3.8, 4) is 0 Å². The van der Waals surface area contributed by atoms with E-state index in [0.29, 0.717) is 24.3 Å². The Labute approximate surface area is 100 Å². The van der Waals surface area contributed by atoms with E-state index in [1.807, 2.05) is 6.92 Å². The summed E-state index contributed by atoms with van der Waals surface area (Å²) < 4.78 is 0. The van der Waals surface area contributed by atoms with Crippen molar-refractivity contribution in [3.63, 3.8) is 0 Å². The molecule has 1 saturated carbocycles. The first-order valence-corrected chi connectivity index (χ1v) is 5.92. The van der Waals surface area contributed by atoms with Gasteiger partial charge in [0, 0.05) is 18.3 Å². The third-order valence-electron chi connectivity index (χ3n) is 2.66. The summed E-state index contributed by atoms with van der Waals surface area (Å²) in [5.74, 6) is 0.741. The predicted molar refractivity (Wildman–Crippen MR) is 62.3 cm³/mol. The topological polar surface area (TPSA) is 49.2 Å². The van der Waals surface area contributed by atoms with E-state index in [4.69, 9.17) is 16.7 Å². The van der Waals surface area contributed by atoms with E-state index in [-0.39, 0.29) is 6.61 Å². The van der Waals surface area contributed by atoms with Crippen molar-refractivity contribution < 1.29 is 5.11 Å². The van der Waals surface area contributed by atoms with Crippen LogP contribution in [-0.4, -0.2) is 39.2 Å². The number of aliphatic hydroxyl groups excluding tert-OH is 1. The number of nitrogens with zero attached hydrogens (tertiary/aromatic N) is 3. The maximum atomic E-state index is 8.99. The quantitative estimate of drug-likeness (QED) is 0.792. The first kappa shape index (κ1) is 11.8. The van der Waals surface area contributed by atoms with Crippen LogP contribution in [-0.2, 0) is 6.54 Å². The van der Waals surface area contributed by atoms with Gasteiger partial charge in [-0.25, -0.2) is 9.97 Å². The van der Waals surface area contributed by atoms with Crippen molar-refractivity contribution >= 4 is 11.6 Å². The van der Waals surface area contributed by atoms with Gasteiger partial charge in [0.05, 0.1) is 13.2 Å². The predicted octanol–water partition coefficient (Wildman–Crippen LogP) is 1.40. The van der Waals surface area contributed by atoms with Gasteiger partial charge in [0.2, 0.25) is 0 Å². The van der Waals surface area contributed by atoms with Crippen LogP contribution in [0.15, 0.2) is 6.07 Å². The fourth-order valence-corrected chi connectivity index (χ4v) is 2.06. The Morgan fingerprint density at radius 1 is 1.50 bits per heavy atom. The van der Waals surface area contributed by atoms with E-state index in [2.05, 4.69) is 14.9 Å². The molecule has 0 radical (unpaired) electrons. The number of aromatic nitrogens is 2. The van der Waals surface area contributed by atoms with Gasteiger partial charge < -0.3 is 5.11 Å². The molecule has 0 aliphatic heterocycles. The van der Waals surface area contributed by atoms with Gasteiger partial charge in [0.1, 0.15) is 11.0 Å². The summed E-state index contributed by atoms with van der Waals surface area (Å²) >= 11 is 5.89. The summed E-state index contributed by atoms with van der Waals surface area (Å²) in [7, 11) is 0. The molecule has 2 rings (SSSR count). The lowest BCUT2D eigenvalue weighted by Crippen LogP contribution is -2.29. The van der Waals surface area contributed by atoms with E-state index < -0.39 is 0 Å². The maximum absolute atomic E-state index is 8.99. The van der Waals surface area contributed by atoms with E-state index in [9.17, 15) is 0 Å². The Kier molecular flexibility index (Phi) is 3.74. The number of aryl methyl sites for hydroxylation is 1. The van der Waals surface area contributed by atoms with E-state index in [0.717, 1.165) is 11.5 Å². The highest BCUT2D eigenvalue weighted by atomic mass is 35.5. The monoisotopic (exact) mass is 241 g/mol. The number of hydrogen-bond donors (Lipinski definition) is 1. The number of hydrogen-bond acceptors (Lipinski definition) is 4. The van der Waals surface area contributed by atoms with Gasteiger partial charge in [-0.1, -0.05) is 11.6 Å². The summed E-state index contributed by atoms with van der Waals surface area (Å²) in [6.07, 6.45) is 2.42. The molecule has 0 unspecified atom stereocenters. The van der Waals surface area contributed by atoms with Gasteiger partial charge in [0.15, 0.2) is 0 Å². The lowest BCUT2D eigenvalue weighted by atomic mass is 10.4. The summed E-state index contributed by atoms with van der Waals surface area (Å²) in [4.78, 5) is 10.8. The van der Waals surface area contributed by atoms with Gasteiger partial charge >= 0.3 is 0 Å². The molecule has 0 amide bonds. The van der Waals surface area contributed by atoms with E-state index >= 15 is 0 Å². The summed E-state index contributed by atoms with van der Waals surface area (Å²) in [5, 5.41) is 9.48. The molecule has 1 fully saturated rings. The fourth-order valence-electron chi connectivity index (χ4n) is 1.80. The number of rotatable bonds is 5. The number of aliphatic hydroxyl groups is 1. The molecular weight excluding hydrogens is 226 g/mol. The zero-order valence-corrected chi connectivity index (χ0v) is 10.1. The molecule has 0 atom stereocenters. The minimum atomic E-state index is 0.177. The normalized spacial score (nSPS) is 15.8. The lowest BCUT2D eigenvalue weighted by molar-refractivity contribution is 0.180. The van der Waals surface area contributed by atoms with Crippen molar-refractivity contribution in [2.75, 3.05) is 13.2 Å². The van der Waals surface area contributed by atoms with Crippen molar-refractivity contribution in [1.29, 1.82) is 0 Å². The molecule has 5 heteroatoms. The summed E-state index contributed by atoms with van der Waals surface area (Å²) in [5.41, 5.74) is 0.884. The first-order chi connectivity index (χ1) is 7.69. The molecule has 1 N–H and O–H groups in total. The first-order valence-electron chi connectivity index (χ1n) is 5.54. The summed E-state index contributed by atoms with van der Waals surface area (Å²) in [6, 6.07) is 2.34. The highest BCUT2D eigenvalue weighted by Crippen LogP contribution is 2.27. The lowest BCUT2D eigenvalue weighted by Gasteiger charge is -2.19. The summed E-state index contributed by atoms with van der Waals surface area (Å²) in [6.45, 7) is 3.44. The third kappa shape index (κ3) is 3.14. The van der Waals surface area contributed by atoms with E-state index in [1.54, 1.807) is 6.07 Å². The van der Waals surface area contributed by atoms with Crippen LogP contribution in [0, 0.1) is 6.92 Å². The zero-order valence-electron chi connectivity index (χ0n) is 9.36. The van der Waals surface area contributed by atoms with Crippen LogP contribution in [0.25, 0.3) is 0 Å². The van der Waals surface area contributed by atoms with Crippen LogP contribution < -0.4 is 0 Å². The molecule has 88 valence electrons. The maximum Gasteiger partial charge on any atom is 0.144 e. The van der Waals surface area contributed by atoms with Crippen LogP contribution in [0.5, 0.6) is 0 Å². The van der Waals surface area contributed by atoms with Gasteiger partial charge in [0.25, 0.3) is 0 Å². The second-order valence-electron chi connectivity index (χ2n) is 4.17. The van der Waals surface area contributed by atoms with Gasteiger partial charge in [-0.2, -0.15) is 0 Å². The molecule has 0 saturated heterocycles. The molecule has 0 spiro atoms. The average Bonchev–Trinajstić information content (AvgIpc) is 2.98. The Bertz CT molecular complexity index is 348. The fraction of sp³-hybridized carbons (Fsp3) is 0.636. The van der Waals surface area contributed by atoms with Crippen LogP contribution in [0.1, 0.15) is 24.4 Å². The van der Waals surface area contributed by atoms with Gasteiger partial charge in [-0.05, 0) is 25.8 Å². The second kappa shape index (κ2) is 5.08. The molecule has 0 bridgehead atoms. The minimum absolute atomic E-state index is 0.177. The molecule has 4 nitrogen and oxygen atoms in total. The average molecular weight is 242 g/mol. The van der Waals surface area contributed by atoms with Crippen LogP contribution in [0.2, 0.25) is 5.15 Å². The van der Waals surface area contributed by atoms with Crippen LogP contribution >= 0.6 is 11.6 Å². The van der Waals surface area contributed by atoms with Crippen molar-refractivity contribution in [3.05, 3.63) is 22.7 Å².